The van der Waals surface area contributed by atoms with Gasteiger partial charge >= 0.3 is 0 Å². The number of hydrogen-bond acceptors (Lipinski definition) is 5. The molecule has 1 aromatic carbocycles. The van der Waals surface area contributed by atoms with E-state index in [1.165, 1.54) is 16.8 Å². The van der Waals surface area contributed by atoms with Crippen molar-refractivity contribution in [1.29, 1.82) is 0 Å². The highest BCUT2D eigenvalue weighted by Gasteiger charge is 2.13. The maximum atomic E-state index is 13.8. The van der Waals surface area contributed by atoms with Gasteiger partial charge in [0, 0.05) is 24.7 Å². The lowest BCUT2D eigenvalue weighted by atomic mass is 10.1. The van der Waals surface area contributed by atoms with Gasteiger partial charge in [-0.2, -0.15) is 0 Å². The zero-order chi connectivity index (χ0) is 20.1. The molecule has 1 saturated heterocycles. The molecule has 0 amide bonds. The largest absolute Gasteiger partial charge is 0.391 e. The molecular weight excluding hydrogens is 373 g/mol. The molecule has 0 aliphatic carbocycles. The minimum Gasteiger partial charge on any atom is -0.391 e. The molecule has 28 heavy (non-hydrogen) atoms. The number of aliphatic hydroxyl groups excluding tert-OH is 1. The Morgan fingerprint density at radius 3 is 2.61 bits per heavy atom. The van der Waals surface area contributed by atoms with Crippen molar-refractivity contribution in [2.75, 3.05) is 18.9 Å². The lowest BCUT2D eigenvalue weighted by Gasteiger charge is -2.15. The molecule has 3 aromatic rings. The molecule has 2 aromatic heterocycles. The first kappa shape index (κ1) is 20.1. The van der Waals surface area contributed by atoms with E-state index in [9.17, 15) is 13.2 Å². The van der Waals surface area contributed by atoms with Crippen LogP contribution in [0.3, 0.4) is 0 Å². The standard InChI is InChI=1S/C14H11F3N4.C5H10O2/c15-10-6-11(21-12(10)7-19-14(18)20-21)9-3-1-8(2-4-9)5-13(16)17;6-5-2-1-3-7-4-5/h1-4,6-7,13H,5H2,(H2,18,20);5-6H,1-4H2. The van der Waals surface area contributed by atoms with E-state index in [1.807, 2.05) is 0 Å². The second kappa shape index (κ2) is 9.03. The number of aromatic nitrogens is 3. The Labute approximate surface area is 159 Å². The van der Waals surface area contributed by atoms with Crippen LogP contribution in [-0.2, 0) is 11.2 Å². The lowest BCUT2D eigenvalue weighted by molar-refractivity contribution is -0.00535. The van der Waals surface area contributed by atoms with Crippen LogP contribution < -0.4 is 5.73 Å². The number of nitrogen functional groups attached to an aromatic ring is 1. The molecule has 0 radical (unpaired) electrons. The highest BCUT2D eigenvalue weighted by molar-refractivity contribution is 5.67. The molecule has 3 N–H and O–H groups in total. The van der Waals surface area contributed by atoms with E-state index in [1.54, 1.807) is 24.3 Å². The second-order valence-corrected chi connectivity index (χ2v) is 6.45. The summed E-state index contributed by atoms with van der Waals surface area (Å²) in [4.78, 5) is 3.74. The van der Waals surface area contributed by atoms with Gasteiger partial charge in [-0.05, 0) is 18.4 Å². The van der Waals surface area contributed by atoms with Crippen LogP contribution in [0.15, 0.2) is 36.5 Å². The molecule has 1 fully saturated rings. The molecule has 0 saturated carbocycles. The minimum absolute atomic E-state index is 0.0219. The number of halogens is 3. The van der Waals surface area contributed by atoms with Gasteiger partial charge < -0.3 is 15.6 Å². The van der Waals surface area contributed by atoms with Gasteiger partial charge in [0.2, 0.25) is 12.4 Å². The summed E-state index contributed by atoms with van der Waals surface area (Å²) in [5.41, 5.74) is 7.38. The number of nitrogens with two attached hydrogens (primary N) is 1. The molecule has 1 aliphatic heterocycles. The Balaban J connectivity index is 0.000000271. The topological polar surface area (TPSA) is 85.7 Å². The highest BCUT2D eigenvalue weighted by atomic mass is 19.3. The summed E-state index contributed by atoms with van der Waals surface area (Å²) < 4.78 is 44.7. The van der Waals surface area contributed by atoms with Gasteiger partial charge in [-0.15, -0.1) is 5.10 Å². The minimum atomic E-state index is -2.39. The van der Waals surface area contributed by atoms with Gasteiger partial charge in [0.25, 0.3) is 0 Å². The third kappa shape index (κ3) is 4.99. The first-order chi connectivity index (χ1) is 13.4. The Hall–Kier alpha value is -2.65. The molecular formula is C19H21F3N4O2. The molecule has 4 rings (SSSR count). The summed E-state index contributed by atoms with van der Waals surface area (Å²) in [5.74, 6) is -0.449. The number of aliphatic hydroxyl groups is 1. The first-order valence-electron chi connectivity index (χ1n) is 8.87. The zero-order valence-electron chi connectivity index (χ0n) is 15.1. The monoisotopic (exact) mass is 394 g/mol. The van der Waals surface area contributed by atoms with E-state index in [0.29, 0.717) is 23.4 Å². The molecule has 1 atom stereocenters. The fourth-order valence-corrected chi connectivity index (χ4v) is 2.88. The number of fused-ring (bicyclic) bond motifs is 1. The molecule has 1 aliphatic rings. The highest BCUT2D eigenvalue weighted by Crippen LogP contribution is 2.25. The van der Waals surface area contributed by atoms with Crippen molar-refractivity contribution >= 4 is 11.5 Å². The maximum absolute atomic E-state index is 13.8. The summed E-state index contributed by atoms with van der Waals surface area (Å²) in [6.07, 6.45) is 0.343. The molecule has 3 heterocycles. The van der Waals surface area contributed by atoms with Crippen LogP contribution in [0.5, 0.6) is 0 Å². The van der Waals surface area contributed by atoms with Crippen molar-refractivity contribution in [3.8, 4) is 11.3 Å². The zero-order valence-corrected chi connectivity index (χ0v) is 15.1. The number of ether oxygens (including phenoxy) is 1. The fraction of sp³-hybridized carbons (Fsp3) is 0.368. The number of nitrogens with zero attached hydrogens (tertiary/aromatic N) is 3. The van der Waals surface area contributed by atoms with Gasteiger partial charge in [-0.1, -0.05) is 24.3 Å². The Kier molecular flexibility index (Phi) is 6.48. The summed E-state index contributed by atoms with van der Waals surface area (Å²) >= 11 is 0. The fourth-order valence-electron chi connectivity index (χ4n) is 2.88. The van der Waals surface area contributed by atoms with Crippen molar-refractivity contribution < 1.29 is 23.0 Å². The third-order valence-corrected chi connectivity index (χ3v) is 4.26. The SMILES string of the molecule is Nc1ncc2c(F)cc(-c3ccc(CC(F)F)cc3)n2n1.OC1CCCOC1. The summed E-state index contributed by atoms with van der Waals surface area (Å²) in [6.45, 7) is 1.37. The summed E-state index contributed by atoms with van der Waals surface area (Å²) in [6, 6.07) is 7.78. The van der Waals surface area contributed by atoms with Crippen LogP contribution in [0.2, 0.25) is 0 Å². The van der Waals surface area contributed by atoms with Crippen molar-refractivity contribution in [2.45, 2.75) is 31.8 Å². The van der Waals surface area contributed by atoms with E-state index < -0.39 is 12.2 Å². The molecule has 150 valence electrons. The van der Waals surface area contributed by atoms with Crippen LogP contribution in [0.1, 0.15) is 18.4 Å². The predicted octanol–water partition coefficient (Wildman–Crippen LogP) is 3.08. The third-order valence-electron chi connectivity index (χ3n) is 4.26. The predicted molar refractivity (Wildman–Crippen MR) is 98.6 cm³/mol. The Morgan fingerprint density at radius 2 is 2.04 bits per heavy atom. The quantitative estimate of drug-likeness (QED) is 0.713. The van der Waals surface area contributed by atoms with Crippen LogP contribution in [0.25, 0.3) is 16.8 Å². The molecule has 9 heteroatoms. The number of anilines is 1. The van der Waals surface area contributed by atoms with Gasteiger partial charge in [0.1, 0.15) is 5.52 Å². The summed E-state index contributed by atoms with van der Waals surface area (Å²) in [7, 11) is 0. The van der Waals surface area contributed by atoms with Crippen molar-refractivity contribution in [2.24, 2.45) is 0 Å². The summed E-state index contributed by atoms with van der Waals surface area (Å²) in [5, 5.41) is 12.8. The second-order valence-electron chi connectivity index (χ2n) is 6.45. The van der Waals surface area contributed by atoms with Crippen molar-refractivity contribution in [1.82, 2.24) is 14.6 Å². The van der Waals surface area contributed by atoms with Crippen LogP contribution in [0, 0.1) is 5.82 Å². The van der Waals surface area contributed by atoms with E-state index in [2.05, 4.69) is 10.1 Å². The van der Waals surface area contributed by atoms with Crippen LogP contribution in [-0.4, -0.2) is 45.4 Å². The van der Waals surface area contributed by atoms with E-state index in [-0.39, 0.29) is 24.0 Å². The van der Waals surface area contributed by atoms with Gasteiger partial charge in [-0.3, -0.25) is 0 Å². The molecule has 0 bridgehead atoms. The number of benzene rings is 1. The van der Waals surface area contributed by atoms with E-state index >= 15 is 0 Å². The van der Waals surface area contributed by atoms with E-state index in [0.717, 1.165) is 19.4 Å². The number of hydrogen-bond donors (Lipinski definition) is 2. The molecule has 1 unspecified atom stereocenters. The van der Waals surface area contributed by atoms with E-state index in [4.69, 9.17) is 15.6 Å². The van der Waals surface area contributed by atoms with Gasteiger partial charge in [-0.25, -0.2) is 22.7 Å². The maximum Gasteiger partial charge on any atom is 0.242 e. The smallest absolute Gasteiger partial charge is 0.242 e. The number of rotatable bonds is 3. The van der Waals surface area contributed by atoms with Crippen molar-refractivity contribution in [3.05, 3.63) is 47.9 Å². The van der Waals surface area contributed by atoms with Crippen LogP contribution in [0.4, 0.5) is 19.1 Å². The van der Waals surface area contributed by atoms with Crippen molar-refractivity contribution in [3.63, 3.8) is 0 Å². The normalized spacial score (nSPS) is 16.8. The van der Waals surface area contributed by atoms with Crippen LogP contribution >= 0.6 is 0 Å². The van der Waals surface area contributed by atoms with Gasteiger partial charge in [0.05, 0.1) is 24.6 Å². The average molecular weight is 394 g/mol. The average Bonchev–Trinajstić information content (AvgIpc) is 2.99. The molecule has 6 nitrogen and oxygen atoms in total. The first-order valence-corrected chi connectivity index (χ1v) is 8.87. The Bertz CT molecular complexity index is 909. The number of alkyl halides is 2. The van der Waals surface area contributed by atoms with Gasteiger partial charge in [0.15, 0.2) is 5.82 Å². The Morgan fingerprint density at radius 1 is 1.29 bits per heavy atom. The molecule has 0 spiro atoms. The lowest BCUT2D eigenvalue weighted by Crippen LogP contribution is -2.21.